The third-order valence-corrected chi connectivity index (χ3v) is 7.88. The Kier molecular flexibility index (Phi) is 11.3. The number of hydrogen-bond donors (Lipinski definition) is 0. The monoisotopic (exact) mass is 434 g/mol. The second kappa shape index (κ2) is 14.5. The summed E-state index contributed by atoms with van der Waals surface area (Å²) in [6.45, 7) is 5.30. The van der Waals surface area contributed by atoms with Crippen LogP contribution < -0.4 is 4.74 Å². The zero-order chi connectivity index (χ0) is 22.4. The van der Waals surface area contributed by atoms with Crippen LogP contribution in [0.1, 0.15) is 109 Å². The first-order valence-electron chi connectivity index (χ1n) is 13.7. The molecule has 0 N–H and O–H groups in total. The molecule has 0 amide bonds. The second-order valence-corrected chi connectivity index (χ2v) is 10.3. The average Bonchev–Trinajstić information content (AvgIpc) is 2.84. The molecule has 0 spiro atoms. The molecule has 0 atom stereocenters. The van der Waals surface area contributed by atoms with E-state index in [0.29, 0.717) is 0 Å². The van der Waals surface area contributed by atoms with Gasteiger partial charge in [0.15, 0.2) is 0 Å². The normalized spacial score (nSPS) is 25.9. The first kappa shape index (κ1) is 25.0. The Hall–Kier alpha value is -1.68. The van der Waals surface area contributed by atoms with Crippen molar-refractivity contribution < 1.29 is 4.74 Å². The molecule has 3 rings (SSSR count). The smallest absolute Gasteiger partial charge is 0.119 e. The molecule has 2 aliphatic carbocycles. The second-order valence-electron chi connectivity index (χ2n) is 10.3. The van der Waals surface area contributed by atoms with Crippen molar-refractivity contribution in [3.63, 3.8) is 0 Å². The topological polar surface area (TPSA) is 9.23 Å². The van der Waals surface area contributed by atoms with Gasteiger partial charge in [-0.25, -0.2) is 0 Å². The van der Waals surface area contributed by atoms with E-state index in [9.17, 15) is 0 Å². The van der Waals surface area contributed by atoms with Crippen LogP contribution in [0.3, 0.4) is 0 Å². The highest BCUT2D eigenvalue weighted by atomic mass is 16.5. The van der Waals surface area contributed by atoms with E-state index in [0.717, 1.165) is 54.4 Å². The van der Waals surface area contributed by atoms with Gasteiger partial charge in [0.25, 0.3) is 0 Å². The quantitative estimate of drug-likeness (QED) is 0.264. The van der Waals surface area contributed by atoms with Crippen LogP contribution in [-0.4, -0.2) is 6.61 Å². The van der Waals surface area contributed by atoms with Crippen LogP contribution in [0.25, 0.3) is 0 Å². The largest absolute Gasteiger partial charge is 0.494 e. The van der Waals surface area contributed by atoms with E-state index in [4.69, 9.17) is 4.74 Å². The van der Waals surface area contributed by atoms with Crippen LogP contribution in [0, 0.1) is 35.5 Å². The van der Waals surface area contributed by atoms with Gasteiger partial charge < -0.3 is 4.74 Å². The minimum Gasteiger partial charge on any atom is -0.494 e. The van der Waals surface area contributed by atoms with Gasteiger partial charge in [0.2, 0.25) is 0 Å². The van der Waals surface area contributed by atoms with Gasteiger partial charge >= 0.3 is 0 Å². The van der Waals surface area contributed by atoms with Crippen LogP contribution in [0.15, 0.2) is 36.4 Å². The Morgan fingerprint density at radius 3 is 2.12 bits per heavy atom. The summed E-state index contributed by atoms with van der Waals surface area (Å²) in [4.78, 5) is 0. The predicted octanol–water partition coefficient (Wildman–Crippen LogP) is 8.97. The summed E-state index contributed by atoms with van der Waals surface area (Å²) in [6.07, 6.45) is 24.1. The van der Waals surface area contributed by atoms with Crippen molar-refractivity contribution in [2.75, 3.05) is 6.61 Å². The van der Waals surface area contributed by atoms with Crippen molar-refractivity contribution in [3.05, 3.63) is 42.0 Å². The summed E-state index contributed by atoms with van der Waals surface area (Å²) in [5, 5.41) is 0. The van der Waals surface area contributed by atoms with Crippen molar-refractivity contribution in [1.82, 2.24) is 0 Å². The van der Waals surface area contributed by atoms with Gasteiger partial charge in [-0.05, 0) is 99.0 Å². The number of hydrogen-bond acceptors (Lipinski definition) is 1. The lowest BCUT2D eigenvalue weighted by atomic mass is 9.68. The lowest BCUT2D eigenvalue weighted by Crippen LogP contribution is -2.25. The Labute approximate surface area is 198 Å². The van der Waals surface area contributed by atoms with E-state index >= 15 is 0 Å². The molecular weight excluding hydrogens is 388 g/mol. The first-order valence-corrected chi connectivity index (χ1v) is 13.7. The van der Waals surface area contributed by atoms with E-state index in [-0.39, 0.29) is 0 Å². The van der Waals surface area contributed by atoms with Crippen LogP contribution in [0.2, 0.25) is 0 Å². The van der Waals surface area contributed by atoms with Gasteiger partial charge in [0.1, 0.15) is 5.75 Å². The van der Waals surface area contributed by atoms with Crippen molar-refractivity contribution in [2.24, 2.45) is 23.7 Å². The molecule has 0 aliphatic heterocycles. The highest BCUT2D eigenvalue weighted by Gasteiger charge is 2.30. The summed E-state index contributed by atoms with van der Waals surface area (Å²) in [6, 6.07) is 8.18. The van der Waals surface area contributed by atoms with Gasteiger partial charge in [-0.1, -0.05) is 76.7 Å². The highest BCUT2D eigenvalue weighted by molar-refractivity contribution is 5.40. The first-order chi connectivity index (χ1) is 15.8. The molecule has 0 heterocycles. The van der Waals surface area contributed by atoms with Gasteiger partial charge in [-0.2, -0.15) is 0 Å². The van der Waals surface area contributed by atoms with Gasteiger partial charge in [-0.15, -0.1) is 0 Å². The molecule has 1 nitrogen and oxygen atoms in total. The minimum atomic E-state index is 0.736. The summed E-state index contributed by atoms with van der Waals surface area (Å²) < 4.78 is 5.72. The SMILES string of the molecule is CCCCC[C@H]1CC[C@H]([C@H]2CC[C@H](C=CC#Cc3ccc(OCCCC)cc3)CC2)CC1. The van der Waals surface area contributed by atoms with Crippen molar-refractivity contribution in [3.8, 4) is 17.6 Å². The highest BCUT2D eigenvalue weighted by Crippen LogP contribution is 2.42. The predicted molar refractivity (Wildman–Crippen MR) is 138 cm³/mol. The number of unbranched alkanes of at least 4 members (excludes halogenated alkanes) is 3. The lowest BCUT2D eigenvalue weighted by Gasteiger charge is -2.37. The number of rotatable bonds is 10. The van der Waals surface area contributed by atoms with Gasteiger partial charge in [0, 0.05) is 5.56 Å². The number of allylic oxidation sites excluding steroid dienone is 2. The fourth-order valence-corrected chi connectivity index (χ4v) is 5.72. The van der Waals surface area contributed by atoms with Crippen LogP contribution in [0.4, 0.5) is 0 Å². The summed E-state index contributed by atoms with van der Waals surface area (Å²) >= 11 is 0. The molecule has 2 fully saturated rings. The molecule has 2 saturated carbocycles. The van der Waals surface area contributed by atoms with E-state index < -0.39 is 0 Å². The minimum absolute atomic E-state index is 0.736. The Balaban J connectivity index is 1.33. The molecule has 0 saturated heterocycles. The van der Waals surface area contributed by atoms with Crippen molar-refractivity contribution >= 4 is 0 Å². The maximum absolute atomic E-state index is 5.72. The van der Waals surface area contributed by atoms with E-state index in [1.165, 1.54) is 77.0 Å². The van der Waals surface area contributed by atoms with E-state index in [2.05, 4.69) is 50.0 Å². The molecule has 32 heavy (non-hydrogen) atoms. The molecule has 0 radical (unpaired) electrons. The Morgan fingerprint density at radius 1 is 0.812 bits per heavy atom. The van der Waals surface area contributed by atoms with E-state index in [1.54, 1.807) is 0 Å². The fourth-order valence-electron chi connectivity index (χ4n) is 5.72. The molecule has 0 unspecified atom stereocenters. The molecule has 0 aromatic heterocycles. The summed E-state index contributed by atoms with van der Waals surface area (Å²) in [5.41, 5.74) is 1.06. The van der Waals surface area contributed by atoms with Gasteiger partial charge in [-0.3, -0.25) is 0 Å². The zero-order valence-corrected chi connectivity index (χ0v) is 20.8. The zero-order valence-electron chi connectivity index (χ0n) is 20.8. The molecule has 0 bridgehead atoms. The molecule has 1 heteroatoms. The standard InChI is InChI=1S/C31H46O/c1-3-5-7-10-26-13-19-29(20-14-26)30-21-15-27(16-22-30)11-8-9-12-28-17-23-31(24-18-28)32-25-6-4-2/h8,11,17-18,23-24,26-27,29-30H,3-7,10,13-16,19-22,25H2,1-2H3/t26-,27-,29-,30-. The van der Waals surface area contributed by atoms with Gasteiger partial charge in [0.05, 0.1) is 6.61 Å². The third kappa shape index (κ3) is 8.69. The van der Waals surface area contributed by atoms with Crippen LogP contribution >= 0.6 is 0 Å². The number of ether oxygens (including phenoxy) is 1. The molecule has 2 aliphatic rings. The van der Waals surface area contributed by atoms with Crippen molar-refractivity contribution in [2.45, 2.75) is 104 Å². The Morgan fingerprint density at radius 2 is 1.47 bits per heavy atom. The third-order valence-electron chi connectivity index (χ3n) is 7.88. The lowest BCUT2D eigenvalue weighted by molar-refractivity contribution is 0.151. The maximum atomic E-state index is 5.72. The van der Waals surface area contributed by atoms with Crippen LogP contribution in [0.5, 0.6) is 5.75 Å². The Bertz CT molecular complexity index is 703. The molecular formula is C31H46O. The van der Waals surface area contributed by atoms with Crippen molar-refractivity contribution in [1.29, 1.82) is 0 Å². The summed E-state index contributed by atoms with van der Waals surface area (Å²) in [7, 11) is 0. The number of benzene rings is 1. The molecule has 1 aromatic carbocycles. The average molecular weight is 435 g/mol. The van der Waals surface area contributed by atoms with E-state index in [1.807, 2.05) is 12.1 Å². The maximum Gasteiger partial charge on any atom is 0.119 e. The molecule has 1 aromatic rings. The summed E-state index contributed by atoms with van der Waals surface area (Å²) in [5.74, 6) is 11.3. The fraction of sp³-hybridized carbons (Fsp3) is 0.677. The molecule has 176 valence electrons. The van der Waals surface area contributed by atoms with Crippen LogP contribution in [-0.2, 0) is 0 Å².